The number of hydrogen-bond acceptors (Lipinski definition) is 3. The van der Waals surface area contributed by atoms with E-state index in [1.54, 1.807) is 0 Å². The van der Waals surface area contributed by atoms with Gasteiger partial charge in [-0.15, -0.1) is 0 Å². The summed E-state index contributed by atoms with van der Waals surface area (Å²) in [5.74, 6) is -3.65. The fourth-order valence-corrected chi connectivity index (χ4v) is 1.83. The van der Waals surface area contributed by atoms with Crippen molar-refractivity contribution < 1.29 is 18.7 Å². The third kappa shape index (κ3) is 2.73. The van der Waals surface area contributed by atoms with Crippen molar-refractivity contribution in [1.82, 2.24) is 9.13 Å². The summed E-state index contributed by atoms with van der Waals surface area (Å²) in [6.45, 7) is -0.357. The van der Waals surface area contributed by atoms with E-state index in [9.17, 15) is 23.2 Å². The first-order valence-electron chi connectivity index (χ1n) is 5.79. The van der Waals surface area contributed by atoms with Crippen LogP contribution in [0.25, 0.3) is 0 Å². The first kappa shape index (κ1) is 14.6. The smallest absolute Gasteiger partial charge is 0.342 e. The molecule has 0 fully saturated rings. The van der Waals surface area contributed by atoms with E-state index in [2.05, 4.69) is 0 Å². The summed E-state index contributed by atoms with van der Waals surface area (Å²) in [6.07, 6.45) is 0.911. The molecule has 8 heteroatoms. The molecule has 1 N–H and O–H groups in total. The first-order chi connectivity index (χ1) is 9.81. The van der Waals surface area contributed by atoms with Crippen LogP contribution in [0.5, 0.6) is 0 Å². The third-order valence-corrected chi connectivity index (χ3v) is 2.89. The zero-order valence-corrected chi connectivity index (χ0v) is 10.8. The summed E-state index contributed by atoms with van der Waals surface area (Å²) < 4.78 is 27.6. The van der Waals surface area contributed by atoms with Crippen LogP contribution in [0.15, 0.2) is 34.0 Å². The average molecular weight is 296 g/mol. The minimum absolute atomic E-state index is 0.163. The topological polar surface area (TPSA) is 81.3 Å². The number of aryl methyl sites for hydroxylation is 1. The molecule has 1 aromatic heterocycles. The highest BCUT2D eigenvalue weighted by Gasteiger charge is 2.16. The molecule has 0 aliphatic heterocycles. The lowest BCUT2D eigenvalue weighted by Gasteiger charge is -2.09. The Bertz CT molecular complexity index is 839. The van der Waals surface area contributed by atoms with Gasteiger partial charge in [-0.3, -0.25) is 9.36 Å². The second-order valence-corrected chi connectivity index (χ2v) is 4.38. The minimum Gasteiger partial charge on any atom is -0.477 e. The van der Waals surface area contributed by atoms with Gasteiger partial charge in [-0.05, 0) is 17.7 Å². The highest BCUT2D eigenvalue weighted by molar-refractivity contribution is 5.86. The van der Waals surface area contributed by atoms with Crippen LogP contribution in [0.2, 0.25) is 0 Å². The number of aromatic carboxylic acids is 1. The van der Waals surface area contributed by atoms with Gasteiger partial charge in [-0.25, -0.2) is 18.4 Å². The fraction of sp³-hybridized carbons (Fsp3) is 0.154. The zero-order valence-electron chi connectivity index (χ0n) is 10.8. The standard InChI is InChI=1S/C13H10F2N2O4/c1-16-6-8(12(19)20)11(18)17(13(16)21)5-7-2-3-9(14)10(15)4-7/h2-4,6H,5H2,1H3,(H,19,20). The summed E-state index contributed by atoms with van der Waals surface area (Å²) in [5.41, 5.74) is -2.18. The van der Waals surface area contributed by atoms with E-state index >= 15 is 0 Å². The molecule has 0 radical (unpaired) electrons. The molecule has 0 amide bonds. The molecule has 110 valence electrons. The quantitative estimate of drug-likeness (QED) is 0.898. The van der Waals surface area contributed by atoms with Crippen molar-refractivity contribution in [2.24, 2.45) is 7.05 Å². The number of carboxylic acids is 1. The fourth-order valence-electron chi connectivity index (χ4n) is 1.83. The average Bonchev–Trinajstić information content (AvgIpc) is 2.42. The van der Waals surface area contributed by atoms with Gasteiger partial charge in [0.2, 0.25) is 0 Å². The first-order valence-corrected chi connectivity index (χ1v) is 5.79. The van der Waals surface area contributed by atoms with Crippen molar-refractivity contribution in [3.63, 3.8) is 0 Å². The Labute approximate surface area is 116 Å². The van der Waals surface area contributed by atoms with Gasteiger partial charge in [0.25, 0.3) is 5.56 Å². The van der Waals surface area contributed by atoms with E-state index in [1.165, 1.54) is 13.1 Å². The molecular formula is C13H10F2N2O4. The van der Waals surface area contributed by atoms with E-state index in [0.29, 0.717) is 4.57 Å². The van der Waals surface area contributed by atoms with Crippen LogP contribution in [0, 0.1) is 11.6 Å². The van der Waals surface area contributed by atoms with Crippen LogP contribution < -0.4 is 11.2 Å². The van der Waals surface area contributed by atoms with E-state index in [0.717, 1.165) is 22.9 Å². The predicted molar refractivity (Wildman–Crippen MR) is 68.4 cm³/mol. The maximum absolute atomic E-state index is 13.1. The van der Waals surface area contributed by atoms with Crippen molar-refractivity contribution in [1.29, 1.82) is 0 Å². The molecule has 0 aliphatic rings. The van der Waals surface area contributed by atoms with Crippen molar-refractivity contribution >= 4 is 5.97 Å². The molecule has 1 aromatic carbocycles. The molecule has 0 aliphatic carbocycles. The van der Waals surface area contributed by atoms with Gasteiger partial charge in [0.05, 0.1) is 6.54 Å². The Hall–Kier alpha value is -2.77. The Kier molecular flexibility index (Phi) is 3.70. The van der Waals surface area contributed by atoms with E-state index in [-0.39, 0.29) is 12.1 Å². The van der Waals surface area contributed by atoms with Gasteiger partial charge < -0.3 is 9.67 Å². The number of carboxylic acid groups (broad SMARTS) is 1. The lowest BCUT2D eigenvalue weighted by molar-refractivity contribution is 0.0693. The number of nitrogens with zero attached hydrogens (tertiary/aromatic N) is 2. The Morgan fingerprint density at radius 1 is 1.24 bits per heavy atom. The molecule has 0 atom stereocenters. The molecule has 21 heavy (non-hydrogen) atoms. The number of aromatic nitrogens is 2. The lowest BCUT2D eigenvalue weighted by atomic mass is 10.2. The molecule has 0 spiro atoms. The van der Waals surface area contributed by atoms with Gasteiger partial charge in [0.1, 0.15) is 5.56 Å². The summed E-state index contributed by atoms with van der Waals surface area (Å²) in [7, 11) is 1.29. The SMILES string of the molecule is Cn1cc(C(=O)O)c(=O)n(Cc2ccc(F)c(F)c2)c1=O. The van der Waals surface area contributed by atoms with Crippen LogP contribution in [0.4, 0.5) is 8.78 Å². The maximum atomic E-state index is 13.1. The predicted octanol–water partition coefficient (Wildman–Crippen LogP) is 0.572. The molecule has 2 aromatic rings. The largest absolute Gasteiger partial charge is 0.477 e. The monoisotopic (exact) mass is 296 g/mol. The van der Waals surface area contributed by atoms with E-state index in [4.69, 9.17) is 5.11 Å². The van der Waals surface area contributed by atoms with Crippen LogP contribution in [0.1, 0.15) is 15.9 Å². The van der Waals surface area contributed by atoms with Crippen LogP contribution in [0.3, 0.4) is 0 Å². The second-order valence-electron chi connectivity index (χ2n) is 4.38. The molecular weight excluding hydrogens is 286 g/mol. The molecule has 0 saturated carbocycles. The number of rotatable bonds is 3. The lowest BCUT2D eigenvalue weighted by Crippen LogP contribution is -2.41. The van der Waals surface area contributed by atoms with Crippen molar-refractivity contribution in [2.75, 3.05) is 0 Å². The maximum Gasteiger partial charge on any atom is 0.342 e. The molecule has 6 nitrogen and oxygen atoms in total. The van der Waals surface area contributed by atoms with Gasteiger partial charge in [0, 0.05) is 13.2 Å². The van der Waals surface area contributed by atoms with Gasteiger partial charge in [-0.1, -0.05) is 6.07 Å². The number of hydrogen-bond donors (Lipinski definition) is 1. The minimum atomic E-state index is -1.48. The van der Waals surface area contributed by atoms with Gasteiger partial charge in [-0.2, -0.15) is 0 Å². The molecule has 0 bridgehead atoms. The normalized spacial score (nSPS) is 10.6. The van der Waals surface area contributed by atoms with Crippen molar-refractivity contribution in [2.45, 2.75) is 6.54 Å². The molecule has 0 saturated heterocycles. The van der Waals surface area contributed by atoms with Crippen LogP contribution in [-0.2, 0) is 13.6 Å². The number of carbonyl (C=O) groups is 1. The highest BCUT2D eigenvalue weighted by Crippen LogP contribution is 2.09. The van der Waals surface area contributed by atoms with Crippen LogP contribution >= 0.6 is 0 Å². The van der Waals surface area contributed by atoms with Crippen molar-refractivity contribution in [3.8, 4) is 0 Å². The van der Waals surface area contributed by atoms with Crippen LogP contribution in [-0.4, -0.2) is 20.2 Å². The Balaban J connectivity index is 2.58. The summed E-state index contributed by atoms with van der Waals surface area (Å²) in [5, 5.41) is 8.91. The highest BCUT2D eigenvalue weighted by atomic mass is 19.2. The third-order valence-electron chi connectivity index (χ3n) is 2.89. The van der Waals surface area contributed by atoms with E-state index in [1.807, 2.05) is 0 Å². The molecule has 2 rings (SSSR count). The zero-order chi connectivity index (χ0) is 15.7. The molecule has 0 unspecified atom stereocenters. The summed E-state index contributed by atoms with van der Waals surface area (Å²) >= 11 is 0. The molecule has 1 heterocycles. The van der Waals surface area contributed by atoms with E-state index < -0.39 is 34.4 Å². The second kappa shape index (κ2) is 5.31. The Morgan fingerprint density at radius 3 is 2.48 bits per heavy atom. The number of halogens is 2. The Morgan fingerprint density at radius 2 is 1.90 bits per heavy atom. The summed E-state index contributed by atoms with van der Waals surface area (Å²) in [6, 6.07) is 2.91. The number of benzene rings is 1. The van der Waals surface area contributed by atoms with Gasteiger partial charge in [0.15, 0.2) is 11.6 Å². The van der Waals surface area contributed by atoms with Gasteiger partial charge >= 0.3 is 11.7 Å². The van der Waals surface area contributed by atoms with Crippen molar-refractivity contribution in [3.05, 3.63) is 68.0 Å². The summed E-state index contributed by atoms with van der Waals surface area (Å²) in [4.78, 5) is 34.8.